The zero-order chi connectivity index (χ0) is 27.1. The average molecular weight is 461 g/mol. The first-order valence-corrected chi connectivity index (χ1v) is 13.1. The van der Waals surface area contributed by atoms with Crippen LogP contribution in [0, 0.1) is 13.8 Å². The maximum atomic E-state index is 9.49. The Bertz CT molecular complexity index is 1660. The van der Waals surface area contributed by atoms with Gasteiger partial charge in [-0.3, -0.25) is 0 Å². The van der Waals surface area contributed by atoms with Crippen molar-refractivity contribution in [3.05, 3.63) is 99.7 Å². The molecule has 1 nitrogen and oxygen atoms in total. The minimum Gasteiger partial charge on any atom is -0.201 e. The Hall–Kier alpha value is -3.19. The third kappa shape index (κ3) is 3.10. The molecule has 7 rings (SSSR count). The SMILES string of the molecule is [2H]C([2H])([2H])c1c[n+](C)c(-c2c(C)c3c(c4c2-c2ccccc2C4)-c2ccccc2C3)cc1C1([2H])CCCCC1. The van der Waals surface area contributed by atoms with Crippen molar-refractivity contribution in [1.82, 2.24) is 0 Å². The Morgan fingerprint density at radius 3 is 2.20 bits per heavy atom. The molecule has 1 heteroatoms. The van der Waals surface area contributed by atoms with E-state index in [1.807, 2.05) is 11.6 Å². The lowest BCUT2D eigenvalue weighted by atomic mass is 9.81. The van der Waals surface area contributed by atoms with E-state index in [0.29, 0.717) is 24.0 Å². The number of pyridine rings is 1. The van der Waals surface area contributed by atoms with Crippen LogP contribution in [-0.2, 0) is 19.9 Å². The minimum atomic E-state index is -2.26. The van der Waals surface area contributed by atoms with Crippen molar-refractivity contribution in [2.75, 3.05) is 0 Å². The Labute approximate surface area is 215 Å². The van der Waals surface area contributed by atoms with Crippen molar-refractivity contribution in [3.63, 3.8) is 0 Å². The third-order valence-corrected chi connectivity index (χ3v) is 8.66. The van der Waals surface area contributed by atoms with Crippen LogP contribution >= 0.6 is 0 Å². The molecule has 3 aromatic carbocycles. The monoisotopic (exact) mass is 460 g/mol. The summed E-state index contributed by atoms with van der Waals surface area (Å²) in [5, 5.41) is 0. The lowest BCUT2D eigenvalue weighted by Gasteiger charge is -2.24. The summed E-state index contributed by atoms with van der Waals surface area (Å²) in [6, 6.07) is 19.6. The zero-order valence-corrected chi connectivity index (χ0v) is 20.7. The standard InChI is InChI=1S/C34H34N/c1-21-20-35(3)31(19-28(21)23-11-5-4-6-12-23)32-22(2)29-17-24-13-7-9-15-26(24)33(29)30-18-25-14-8-10-16-27(25)34(30)32/h7-10,13-16,19-20,23H,4-6,11-12,17-18H2,1-3H3/q+1/i1D3,23D. The molecular weight excluding hydrogens is 422 g/mol. The number of fused-ring (bicyclic) bond motifs is 7. The van der Waals surface area contributed by atoms with Crippen LogP contribution in [0.3, 0.4) is 0 Å². The molecule has 0 unspecified atom stereocenters. The van der Waals surface area contributed by atoms with E-state index in [4.69, 9.17) is 4.11 Å². The molecule has 0 N–H and O–H groups in total. The van der Waals surface area contributed by atoms with E-state index in [1.54, 1.807) is 6.20 Å². The van der Waals surface area contributed by atoms with Crippen molar-refractivity contribution in [3.8, 4) is 33.5 Å². The number of hydrogen-bond donors (Lipinski definition) is 0. The molecule has 1 fully saturated rings. The minimum absolute atomic E-state index is 0.328. The maximum absolute atomic E-state index is 9.49. The van der Waals surface area contributed by atoms with E-state index in [9.17, 15) is 1.37 Å². The highest BCUT2D eigenvalue weighted by atomic mass is 14.9. The smallest absolute Gasteiger partial charge is 0.201 e. The second kappa shape index (κ2) is 7.92. The molecule has 1 heterocycles. The van der Waals surface area contributed by atoms with Gasteiger partial charge in [0.25, 0.3) is 0 Å². The Balaban J connectivity index is 1.55. The number of rotatable bonds is 2. The van der Waals surface area contributed by atoms with Gasteiger partial charge in [-0.1, -0.05) is 67.8 Å². The van der Waals surface area contributed by atoms with Crippen LogP contribution in [-0.4, -0.2) is 0 Å². The quantitative estimate of drug-likeness (QED) is 0.231. The highest BCUT2D eigenvalue weighted by Crippen LogP contribution is 2.53. The van der Waals surface area contributed by atoms with Crippen molar-refractivity contribution in [1.29, 1.82) is 0 Å². The van der Waals surface area contributed by atoms with E-state index in [-0.39, 0.29) is 0 Å². The van der Waals surface area contributed by atoms with Crippen molar-refractivity contribution >= 4 is 0 Å². The molecule has 35 heavy (non-hydrogen) atoms. The number of hydrogen-bond acceptors (Lipinski definition) is 0. The van der Waals surface area contributed by atoms with Gasteiger partial charge in [0.15, 0.2) is 6.20 Å². The molecule has 3 aliphatic carbocycles. The summed E-state index contributed by atoms with van der Waals surface area (Å²) in [6.45, 7) is -0.0179. The normalized spacial score (nSPS) is 19.0. The van der Waals surface area contributed by atoms with E-state index in [1.165, 1.54) is 55.6 Å². The molecule has 1 saturated carbocycles. The van der Waals surface area contributed by atoms with Gasteiger partial charge in [0.2, 0.25) is 5.69 Å². The van der Waals surface area contributed by atoms with Gasteiger partial charge in [0, 0.05) is 22.7 Å². The fraction of sp³-hybridized carbons (Fsp3) is 0.324. The van der Waals surface area contributed by atoms with E-state index in [0.717, 1.165) is 37.8 Å². The topological polar surface area (TPSA) is 3.88 Å². The predicted octanol–water partition coefficient (Wildman–Crippen LogP) is 7.99. The van der Waals surface area contributed by atoms with Crippen LogP contribution in [0.1, 0.15) is 82.4 Å². The van der Waals surface area contributed by atoms with Crippen LogP contribution in [0.5, 0.6) is 0 Å². The number of aryl methyl sites for hydroxylation is 2. The number of aromatic nitrogens is 1. The van der Waals surface area contributed by atoms with E-state index < -0.39 is 12.7 Å². The molecule has 174 valence electrons. The Morgan fingerprint density at radius 1 is 0.829 bits per heavy atom. The second-order valence-corrected chi connectivity index (χ2v) is 10.6. The third-order valence-electron chi connectivity index (χ3n) is 8.66. The fourth-order valence-corrected chi connectivity index (χ4v) is 6.98. The van der Waals surface area contributed by atoms with Crippen LogP contribution in [0.2, 0.25) is 0 Å². The van der Waals surface area contributed by atoms with Gasteiger partial charge < -0.3 is 0 Å². The molecule has 1 aromatic heterocycles. The summed E-state index contributed by atoms with van der Waals surface area (Å²) in [4.78, 5) is 0. The second-order valence-electron chi connectivity index (χ2n) is 10.6. The van der Waals surface area contributed by atoms with Crippen LogP contribution < -0.4 is 4.57 Å². The number of benzene rings is 3. The largest absolute Gasteiger partial charge is 0.213 e. The average Bonchev–Trinajstić information content (AvgIpc) is 3.48. The predicted molar refractivity (Wildman–Crippen MR) is 145 cm³/mol. The van der Waals surface area contributed by atoms with E-state index >= 15 is 0 Å². The maximum Gasteiger partial charge on any atom is 0.213 e. The molecular formula is C34H34N+. The first kappa shape index (κ1) is 17.3. The summed E-state index contributed by atoms with van der Waals surface area (Å²) in [7, 11) is 1.97. The van der Waals surface area contributed by atoms with Gasteiger partial charge >= 0.3 is 0 Å². The molecule has 0 atom stereocenters. The van der Waals surface area contributed by atoms with Gasteiger partial charge in [-0.2, -0.15) is 0 Å². The van der Waals surface area contributed by atoms with Crippen molar-refractivity contribution in [2.45, 2.75) is 64.6 Å². The van der Waals surface area contributed by atoms with Crippen LogP contribution in [0.4, 0.5) is 0 Å². The molecule has 0 aliphatic heterocycles. The van der Waals surface area contributed by atoms with Crippen LogP contribution in [0.15, 0.2) is 60.8 Å². The first-order valence-electron chi connectivity index (χ1n) is 15.1. The van der Waals surface area contributed by atoms with Crippen LogP contribution in [0.25, 0.3) is 33.5 Å². The summed E-state index contributed by atoms with van der Waals surface area (Å²) in [5.74, 6) is -0.868. The van der Waals surface area contributed by atoms with Gasteiger partial charge in [-0.05, 0) is 95.4 Å². The molecule has 3 aliphatic rings. The molecule has 0 amide bonds. The molecule has 4 aromatic rings. The zero-order valence-electron chi connectivity index (χ0n) is 24.7. The summed E-state index contributed by atoms with van der Waals surface area (Å²) in [6.07, 6.45) is 8.11. The van der Waals surface area contributed by atoms with Gasteiger partial charge in [-0.15, -0.1) is 0 Å². The van der Waals surface area contributed by atoms with E-state index in [2.05, 4.69) is 61.5 Å². The van der Waals surface area contributed by atoms with Gasteiger partial charge in [0.1, 0.15) is 7.05 Å². The summed E-state index contributed by atoms with van der Waals surface area (Å²) in [5.41, 5.74) is 15.3. The molecule has 0 bridgehead atoms. The molecule has 0 radical (unpaired) electrons. The molecule has 0 spiro atoms. The molecule has 0 saturated heterocycles. The summed E-state index contributed by atoms with van der Waals surface area (Å²) < 4.78 is 36.6. The summed E-state index contributed by atoms with van der Waals surface area (Å²) >= 11 is 0. The highest BCUT2D eigenvalue weighted by Gasteiger charge is 2.35. The van der Waals surface area contributed by atoms with Gasteiger partial charge in [-0.25, -0.2) is 4.57 Å². The first-order chi connectivity index (χ1) is 18.7. The lowest BCUT2D eigenvalue weighted by Crippen LogP contribution is -2.32. The van der Waals surface area contributed by atoms with Crippen molar-refractivity contribution in [2.24, 2.45) is 7.05 Å². The Kier molecular flexibility index (Phi) is 3.91. The van der Waals surface area contributed by atoms with Crippen molar-refractivity contribution < 1.29 is 10.1 Å². The van der Waals surface area contributed by atoms with Gasteiger partial charge in [0.05, 0.1) is 5.56 Å². The lowest BCUT2D eigenvalue weighted by molar-refractivity contribution is -0.660. The fourth-order valence-electron chi connectivity index (χ4n) is 6.98. The number of nitrogens with zero attached hydrogens (tertiary/aromatic N) is 1. The Morgan fingerprint density at radius 2 is 1.49 bits per heavy atom. The highest BCUT2D eigenvalue weighted by molar-refractivity contribution is 5.98.